The van der Waals surface area contributed by atoms with Crippen LogP contribution in [0.5, 0.6) is 0 Å². The molecule has 0 amide bonds. The Labute approximate surface area is 240 Å². The van der Waals surface area contributed by atoms with Gasteiger partial charge in [-0.2, -0.15) is 0 Å². The maximum absolute atomic E-state index is 13.0. The molecular weight excluding hydrogens is 532 g/mol. The summed E-state index contributed by atoms with van der Waals surface area (Å²) in [6, 6.07) is 24.5. The van der Waals surface area contributed by atoms with Gasteiger partial charge >= 0.3 is 0 Å². The van der Waals surface area contributed by atoms with Gasteiger partial charge in [0.05, 0.1) is 5.52 Å². The minimum absolute atomic E-state index is 0.107. The first-order chi connectivity index (χ1) is 19.0. The number of hydrogen-bond acceptors (Lipinski definition) is 3. The van der Waals surface area contributed by atoms with E-state index >= 15 is 0 Å². The molecule has 0 aliphatic rings. The number of halogens is 1. The van der Waals surface area contributed by atoms with Gasteiger partial charge in [0.1, 0.15) is 13.7 Å². The van der Waals surface area contributed by atoms with Gasteiger partial charge in [-0.15, -0.1) is 5.54 Å². The van der Waals surface area contributed by atoms with Crippen LogP contribution < -0.4 is 5.56 Å². The SMILES string of the molecule is Cc1ccncc1[C@@](O)(c1ccc(Cl)cc1)c1ccc2c(c1)c(-c1cccc(C#C[Si](C)(C)C)c1)cc(=O)n2C. The van der Waals surface area contributed by atoms with E-state index in [1.54, 1.807) is 42.2 Å². The highest BCUT2D eigenvalue weighted by Gasteiger charge is 2.36. The normalized spacial score (nSPS) is 13.0. The molecule has 0 aliphatic carbocycles. The van der Waals surface area contributed by atoms with E-state index in [9.17, 15) is 9.90 Å². The summed E-state index contributed by atoms with van der Waals surface area (Å²) in [5.41, 5.74) is 8.09. The summed E-state index contributed by atoms with van der Waals surface area (Å²) < 4.78 is 1.63. The first-order valence-corrected chi connectivity index (χ1v) is 17.0. The van der Waals surface area contributed by atoms with Gasteiger partial charge in [0.25, 0.3) is 5.56 Å². The van der Waals surface area contributed by atoms with Crippen molar-refractivity contribution in [3.63, 3.8) is 0 Å². The molecule has 1 N–H and O–H groups in total. The third-order valence-corrected chi connectivity index (χ3v) is 8.24. The summed E-state index contributed by atoms with van der Waals surface area (Å²) >= 11 is 6.21. The second-order valence-electron chi connectivity index (χ2n) is 11.2. The zero-order chi connectivity index (χ0) is 28.7. The van der Waals surface area contributed by atoms with E-state index in [-0.39, 0.29) is 5.56 Å². The molecule has 1 atom stereocenters. The molecule has 0 bridgehead atoms. The summed E-state index contributed by atoms with van der Waals surface area (Å²) in [6.45, 7) is 8.60. The molecule has 0 unspecified atom stereocenters. The number of benzene rings is 3. The molecule has 2 heterocycles. The Morgan fingerprint density at radius 2 is 1.68 bits per heavy atom. The zero-order valence-electron chi connectivity index (χ0n) is 23.3. The second-order valence-corrected chi connectivity index (χ2v) is 16.4. The molecule has 4 nitrogen and oxygen atoms in total. The van der Waals surface area contributed by atoms with Gasteiger partial charge in [-0.3, -0.25) is 9.78 Å². The molecule has 5 aromatic rings. The van der Waals surface area contributed by atoms with Gasteiger partial charge < -0.3 is 9.67 Å². The first kappa shape index (κ1) is 27.6. The Balaban J connectivity index is 1.79. The van der Waals surface area contributed by atoms with Crippen LogP contribution in [0.1, 0.15) is 27.8 Å². The number of aromatic nitrogens is 2. The molecular formula is C34H31ClN2O2Si. The lowest BCUT2D eigenvalue weighted by Gasteiger charge is -2.31. The molecule has 2 aromatic heterocycles. The minimum Gasteiger partial charge on any atom is -0.376 e. The lowest BCUT2D eigenvalue weighted by atomic mass is 9.78. The van der Waals surface area contributed by atoms with Gasteiger partial charge in [-0.1, -0.05) is 67.5 Å². The van der Waals surface area contributed by atoms with Crippen molar-refractivity contribution >= 4 is 30.6 Å². The fraction of sp³-hybridized carbons (Fsp3) is 0.176. The summed E-state index contributed by atoms with van der Waals surface area (Å²) in [7, 11) is 0.211. The fourth-order valence-corrected chi connectivity index (χ4v) is 5.61. The van der Waals surface area contributed by atoms with E-state index in [1.165, 1.54) is 0 Å². The van der Waals surface area contributed by atoms with Crippen molar-refractivity contribution in [3.8, 4) is 22.6 Å². The van der Waals surface area contributed by atoms with Crippen LogP contribution in [0.15, 0.2) is 96.1 Å². The lowest BCUT2D eigenvalue weighted by Crippen LogP contribution is -2.30. The average molecular weight is 563 g/mol. The van der Waals surface area contributed by atoms with Crippen molar-refractivity contribution in [3.05, 3.63) is 134 Å². The Hall–Kier alpha value is -3.95. The maximum Gasteiger partial charge on any atom is 0.251 e. The van der Waals surface area contributed by atoms with Crippen molar-refractivity contribution in [1.82, 2.24) is 9.55 Å². The molecule has 0 saturated carbocycles. The fourth-order valence-electron chi connectivity index (χ4n) is 4.96. The molecule has 0 saturated heterocycles. The molecule has 0 radical (unpaired) electrons. The standard InChI is InChI=1S/C34H31ClN2O2Si/c1-23-15-17-36-22-31(23)34(39,26-9-12-28(35)13-10-26)27-11-14-32-30(20-27)29(21-33(38)37(32)2)25-8-6-7-24(19-25)16-18-40(3,4)5/h6-15,17,19-22,39H,1-5H3/t34-/m1/s1. The third kappa shape index (κ3) is 5.26. The predicted molar refractivity (Wildman–Crippen MR) is 167 cm³/mol. The van der Waals surface area contributed by atoms with Crippen LogP contribution in [0.2, 0.25) is 24.7 Å². The van der Waals surface area contributed by atoms with E-state index in [4.69, 9.17) is 11.6 Å². The summed E-state index contributed by atoms with van der Waals surface area (Å²) in [5, 5.41) is 14.0. The Morgan fingerprint density at radius 3 is 2.38 bits per heavy atom. The number of aliphatic hydroxyl groups is 1. The number of pyridine rings is 2. The highest BCUT2D eigenvalue weighted by Crippen LogP contribution is 2.40. The van der Waals surface area contributed by atoms with Crippen LogP contribution in [0.4, 0.5) is 0 Å². The maximum atomic E-state index is 13.0. The first-order valence-electron chi connectivity index (χ1n) is 13.1. The number of hydrogen-bond donors (Lipinski definition) is 1. The molecule has 6 heteroatoms. The van der Waals surface area contributed by atoms with Crippen LogP contribution in [-0.2, 0) is 12.6 Å². The average Bonchev–Trinajstić information content (AvgIpc) is 2.93. The van der Waals surface area contributed by atoms with Crippen molar-refractivity contribution in [2.45, 2.75) is 32.2 Å². The monoisotopic (exact) mass is 562 g/mol. The van der Waals surface area contributed by atoms with Crippen LogP contribution in [0.25, 0.3) is 22.0 Å². The summed E-state index contributed by atoms with van der Waals surface area (Å²) in [6.07, 6.45) is 3.42. The topological polar surface area (TPSA) is 55.1 Å². The Morgan fingerprint density at radius 1 is 0.950 bits per heavy atom. The van der Waals surface area contributed by atoms with Crippen LogP contribution in [-0.4, -0.2) is 22.7 Å². The van der Waals surface area contributed by atoms with Gasteiger partial charge in [0.2, 0.25) is 0 Å². The smallest absolute Gasteiger partial charge is 0.251 e. The van der Waals surface area contributed by atoms with E-state index in [1.807, 2.05) is 67.6 Å². The van der Waals surface area contributed by atoms with Crippen molar-refractivity contribution in [2.75, 3.05) is 0 Å². The summed E-state index contributed by atoms with van der Waals surface area (Å²) in [4.78, 5) is 17.4. The molecule has 200 valence electrons. The molecule has 0 spiro atoms. The number of nitrogens with zero attached hydrogens (tertiary/aromatic N) is 2. The van der Waals surface area contributed by atoms with Gasteiger partial charge in [0, 0.05) is 47.0 Å². The molecule has 0 fully saturated rings. The van der Waals surface area contributed by atoms with E-state index in [2.05, 4.69) is 36.1 Å². The minimum atomic E-state index is -1.55. The van der Waals surface area contributed by atoms with Crippen LogP contribution in [0, 0.1) is 18.4 Å². The number of aryl methyl sites for hydroxylation is 2. The number of rotatable bonds is 4. The summed E-state index contributed by atoms with van der Waals surface area (Å²) in [5.74, 6) is 3.33. The van der Waals surface area contributed by atoms with E-state index in [0.29, 0.717) is 21.7 Å². The van der Waals surface area contributed by atoms with Crippen molar-refractivity contribution in [2.24, 2.45) is 7.05 Å². The lowest BCUT2D eigenvalue weighted by molar-refractivity contribution is 0.125. The van der Waals surface area contributed by atoms with Gasteiger partial charge in [-0.25, -0.2) is 0 Å². The van der Waals surface area contributed by atoms with Gasteiger partial charge in [0.15, 0.2) is 0 Å². The molecule has 3 aromatic carbocycles. The van der Waals surface area contributed by atoms with Crippen LogP contribution >= 0.6 is 11.6 Å². The molecule has 5 rings (SSSR count). The quantitative estimate of drug-likeness (QED) is 0.188. The zero-order valence-corrected chi connectivity index (χ0v) is 25.0. The van der Waals surface area contributed by atoms with Crippen molar-refractivity contribution in [1.29, 1.82) is 0 Å². The third-order valence-electron chi connectivity index (χ3n) is 7.11. The van der Waals surface area contributed by atoms with Gasteiger partial charge in [-0.05, 0) is 77.2 Å². The Bertz CT molecular complexity index is 1860. The molecule has 0 aliphatic heterocycles. The Kier molecular flexibility index (Phi) is 7.28. The van der Waals surface area contributed by atoms with Crippen molar-refractivity contribution < 1.29 is 5.11 Å². The van der Waals surface area contributed by atoms with E-state index in [0.717, 1.165) is 33.2 Å². The predicted octanol–water partition coefficient (Wildman–Crippen LogP) is 7.08. The highest BCUT2D eigenvalue weighted by molar-refractivity contribution is 6.83. The van der Waals surface area contributed by atoms with E-state index < -0.39 is 13.7 Å². The molecule has 40 heavy (non-hydrogen) atoms. The highest BCUT2D eigenvalue weighted by atomic mass is 35.5. The number of fused-ring (bicyclic) bond motifs is 1. The second kappa shape index (κ2) is 10.6. The largest absolute Gasteiger partial charge is 0.376 e. The van der Waals surface area contributed by atoms with Crippen LogP contribution in [0.3, 0.4) is 0 Å².